The fraction of sp³-hybridized carbons (Fsp3) is 0.389. The van der Waals surface area contributed by atoms with E-state index in [4.69, 9.17) is 19.9 Å². The Kier molecular flexibility index (Phi) is 7.13. The number of ether oxygens (including phenoxy) is 3. The second kappa shape index (κ2) is 8.92. The van der Waals surface area contributed by atoms with Crippen LogP contribution in [-0.4, -0.2) is 33.3 Å². The van der Waals surface area contributed by atoms with Crippen molar-refractivity contribution >= 4 is 47.0 Å². The van der Waals surface area contributed by atoms with Crippen LogP contribution >= 0.6 is 35.3 Å². The van der Waals surface area contributed by atoms with E-state index in [0.717, 1.165) is 6.42 Å². The van der Waals surface area contributed by atoms with Gasteiger partial charge in [-0.1, -0.05) is 0 Å². The van der Waals surface area contributed by atoms with Gasteiger partial charge >= 0.3 is 0 Å². The van der Waals surface area contributed by atoms with Crippen molar-refractivity contribution in [1.82, 2.24) is 0 Å². The van der Waals surface area contributed by atoms with Gasteiger partial charge in [-0.3, -0.25) is 0 Å². The maximum atomic E-state index is 6.08. The van der Waals surface area contributed by atoms with Crippen LogP contribution in [0, 0.1) is 0 Å². The summed E-state index contributed by atoms with van der Waals surface area (Å²) in [6, 6.07) is 7.57. The van der Waals surface area contributed by atoms with Crippen LogP contribution in [0.15, 0.2) is 34.6 Å². The van der Waals surface area contributed by atoms with Crippen LogP contribution in [0.1, 0.15) is 17.4 Å². The zero-order valence-corrected chi connectivity index (χ0v) is 18.2. The molecule has 26 heavy (non-hydrogen) atoms. The van der Waals surface area contributed by atoms with E-state index >= 15 is 0 Å². The number of nitrogens with one attached hydrogen (secondary N) is 1. The summed E-state index contributed by atoms with van der Waals surface area (Å²) in [6.45, 7) is 3.21. The van der Waals surface area contributed by atoms with Crippen molar-refractivity contribution < 1.29 is 14.2 Å². The molecule has 0 spiro atoms. The highest BCUT2D eigenvalue weighted by atomic mass is 127. The average molecular weight is 489 g/mol. The fourth-order valence-electron chi connectivity index (χ4n) is 2.91. The van der Waals surface area contributed by atoms with Gasteiger partial charge in [-0.25, -0.2) is 4.99 Å². The third-order valence-corrected chi connectivity index (χ3v) is 5.27. The molecule has 3 rings (SSSR count). The molecule has 0 aliphatic carbocycles. The molecule has 0 amide bonds. The van der Waals surface area contributed by atoms with Gasteiger partial charge in [0, 0.05) is 17.4 Å². The molecule has 1 atom stereocenters. The van der Waals surface area contributed by atoms with Gasteiger partial charge < -0.3 is 25.3 Å². The number of thiophene rings is 1. The number of nitrogens with zero attached hydrogens (tertiary/aromatic N) is 1. The zero-order chi connectivity index (χ0) is 17.9. The number of hydrogen-bond donors (Lipinski definition) is 2. The van der Waals surface area contributed by atoms with Gasteiger partial charge in [0.15, 0.2) is 5.96 Å². The highest BCUT2D eigenvalue weighted by Crippen LogP contribution is 2.36. The van der Waals surface area contributed by atoms with Crippen molar-refractivity contribution in [3.63, 3.8) is 0 Å². The molecular formula is C18H24IN3O3S. The molecule has 1 aliphatic heterocycles. The van der Waals surface area contributed by atoms with Crippen molar-refractivity contribution in [2.75, 3.05) is 32.7 Å². The Morgan fingerprint density at radius 3 is 2.88 bits per heavy atom. The molecule has 0 bridgehead atoms. The predicted octanol–water partition coefficient (Wildman–Crippen LogP) is 3.60. The first-order valence-corrected chi connectivity index (χ1v) is 8.93. The second-order valence-electron chi connectivity index (χ2n) is 5.98. The molecule has 3 N–H and O–H groups in total. The molecular weight excluding hydrogens is 465 g/mol. The first kappa shape index (κ1) is 20.8. The first-order valence-electron chi connectivity index (χ1n) is 8.05. The topological polar surface area (TPSA) is 78.1 Å². The van der Waals surface area contributed by atoms with Gasteiger partial charge in [0.2, 0.25) is 0 Å². The average Bonchev–Trinajstić information content (AvgIpc) is 3.10. The van der Waals surface area contributed by atoms with Crippen molar-refractivity contribution in [3.05, 3.63) is 40.1 Å². The van der Waals surface area contributed by atoms with Crippen LogP contribution in [0.25, 0.3) is 0 Å². The molecule has 0 saturated heterocycles. The van der Waals surface area contributed by atoms with Crippen LogP contribution in [0.2, 0.25) is 0 Å². The van der Waals surface area contributed by atoms with Crippen molar-refractivity contribution in [2.24, 2.45) is 10.7 Å². The second-order valence-corrected chi connectivity index (χ2v) is 6.98. The highest BCUT2D eigenvalue weighted by Gasteiger charge is 2.33. The van der Waals surface area contributed by atoms with Gasteiger partial charge in [-0.15, -0.1) is 35.3 Å². The number of guanidine groups is 1. The summed E-state index contributed by atoms with van der Waals surface area (Å²) < 4.78 is 16.6. The molecule has 6 nitrogen and oxygen atoms in total. The van der Waals surface area contributed by atoms with Gasteiger partial charge in [0.05, 0.1) is 33.1 Å². The molecule has 2 heterocycles. The van der Waals surface area contributed by atoms with E-state index in [2.05, 4.69) is 28.7 Å². The Morgan fingerprint density at radius 2 is 2.15 bits per heavy atom. The normalized spacial score (nSPS) is 19.3. The largest absolute Gasteiger partial charge is 0.497 e. The Morgan fingerprint density at radius 1 is 1.35 bits per heavy atom. The van der Waals surface area contributed by atoms with Crippen LogP contribution < -0.4 is 20.5 Å². The van der Waals surface area contributed by atoms with Crippen molar-refractivity contribution in [2.45, 2.75) is 18.9 Å². The lowest BCUT2D eigenvalue weighted by Crippen LogP contribution is -2.36. The number of nitrogens with two attached hydrogens (primary N) is 1. The maximum absolute atomic E-state index is 6.08. The molecule has 1 aromatic carbocycles. The lowest BCUT2D eigenvalue weighted by molar-refractivity contribution is -0.0374. The van der Waals surface area contributed by atoms with Crippen molar-refractivity contribution in [3.8, 4) is 11.5 Å². The Balaban J connectivity index is 0.00000243. The zero-order valence-electron chi connectivity index (χ0n) is 15.1. The van der Waals surface area contributed by atoms with Gasteiger partial charge in [-0.2, -0.15) is 0 Å². The van der Waals surface area contributed by atoms with E-state index in [0.29, 0.717) is 36.3 Å². The number of halogens is 1. The number of fused-ring (bicyclic) bond motifs is 1. The number of anilines is 1. The summed E-state index contributed by atoms with van der Waals surface area (Å²) in [5.74, 6) is 1.68. The van der Waals surface area contributed by atoms with E-state index < -0.39 is 5.60 Å². The summed E-state index contributed by atoms with van der Waals surface area (Å²) in [6.07, 6.45) is 0.959. The molecule has 1 unspecified atom stereocenters. The third kappa shape index (κ3) is 4.41. The minimum atomic E-state index is -0.446. The summed E-state index contributed by atoms with van der Waals surface area (Å²) in [5.41, 5.74) is 7.55. The first-order chi connectivity index (χ1) is 12.1. The number of benzene rings is 1. The molecule has 2 aromatic rings. The lowest BCUT2D eigenvalue weighted by atomic mass is 9.93. The van der Waals surface area contributed by atoms with Crippen LogP contribution in [0.4, 0.5) is 5.69 Å². The van der Waals surface area contributed by atoms with Gasteiger partial charge in [0.1, 0.15) is 17.1 Å². The number of methoxy groups -OCH3 is 2. The number of hydrogen-bond acceptors (Lipinski definition) is 5. The van der Waals surface area contributed by atoms with E-state index in [-0.39, 0.29) is 24.0 Å². The molecule has 142 valence electrons. The Hall–Kier alpha value is -1.52. The standard InChI is InChI=1S/C18H23N3O3S.HI/c1-18(13-7-9-25-16(13)6-8-24-18)11-20-17(19)21-14-10-12(22-2)4-5-15(14)23-3;/h4-5,7,9-10H,6,8,11H2,1-3H3,(H3,19,20,21);1H. The van der Waals surface area contributed by atoms with E-state index in [1.807, 2.05) is 18.2 Å². The van der Waals surface area contributed by atoms with Crippen LogP contribution in [0.3, 0.4) is 0 Å². The maximum Gasteiger partial charge on any atom is 0.193 e. The minimum Gasteiger partial charge on any atom is -0.497 e. The summed E-state index contributed by atoms with van der Waals surface area (Å²) >= 11 is 1.77. The summed E-state index contributed by atoms with van der Waals surface area (Å²) in [4.78, 5) is 5.86. The molecule has 8 heteroatoms. The smallest absolute Gasteiger partial charge is 0.193 e. The molecule has 1 aliphatic rings. The van der Waals surface area contributed by atoms with Gasteiger partial charge in [0.25, 0.3) is 0 Å². The number of aliphatic imine (C=N–C) groups is 1. The fourth-order valence-corrected chi connectivity index (χ4v) is 3.89. The monoisotopic (exact) mass is 489 g/mol. The summed E-state index contributed by atoms with van der Waals surface area (Å²) in [7, 11) is 3.22. The lowest BCUT2D eigenvalue weighted by Gasteiger charge is -2.33. The molecule has 0 radical (unpaired) electrons. The minimum absolute atomic E-state index is 0. The molecule has 0 fully saturated rings. The van der Waals surface area contributed by atoms with E-state index in [1.165, 1.54) is 10.4 Å². The number of rotatable bonds is 5. The van der Waals surface area contributed by atoms with Gasteiger partial charge in [-0.05, 0) is 36.1 Å². The third-order valence-electron chi connectivity index (χ3n) is 4.29. The molecule has 1 aromatic heterocycles. The van der Waals surface area contributed by atoms with Crippen molar-refractivity contribution in [1.29, 1.82) is 0 Å². The van der Waals surface area contributed by atoms with E-state index in [1.54, 1.807) is 25.6 Å². The highest BCUT2D eigenvalue weighted by molar-refractivity contribution is 14.0. The summed E-state index contributed by atoms with van der Waals surface area (Å²) in [5, 5.41) is 5.18. The molecule has 0 saturated carbocycles. The Labute approximate surface area is 174 Å². The van der Waals surface area contributed by atoms with E-state index in [9.17, 15) is 0 Å². The predicted molar refractivity (Wildman–Crippen MR) is 116 cm³/mol. The Bertz CT molecular complexity index is 781. The quantitative estimate of drug-likeness (QED) is 0.382. The SMILES string of the molecule is COc1ccc(OC)c(NC(N)=NCC2(C)OCCc3sccc32)c1.I. The van der Waals surface area contributed by atoms with Crippen LogP contribution in [-0.2, 0) is 16.8 Å². The van der Waals surface area contributed by atoms with Crippen LogP contribution in [0.5, 0.6) is 11.5 Å².